The van der Waals surface area contributed by atoms with Crippen LogP contribution < -0.4 is 14.5 Å². The monoisotopic (exact) mass is 654 g/mol. The van der Waals surface area contributed by atoms with E-state index in [9.17, 15) is 13.2 Å². The third-order valence-electron chi connectivity index (χ3n) is 6.32. The van der Waals surface area contributed by atoms with Gasteiger partial charge in [-0.25, -0.2) is 13.8 Å². The molecule has 0 saturated carbocycles. The van der Waals surface area contributed by atoms with Crippen LogP contribution in [0.5, 0.6) is 5.75 Å². The molecule has 4 rings (SSSR count). The van der Waals surface area contributed by atoms with E-state index >= 15 is 0 Å². The molecule has 11 heteroatoms. The number of aryl methyl sites for hydroxylation is 1. The predicted molar refractivity (Wildman–Crippen MR) is 169 cm³/mol. The van der Waals surface area contributed by atoms with Gasteiger partial charge in [0.2, 0.25) is 0 Å². The minimum absolute atomic E-state index is 0.0841. The van der Waals surface area contributed by atoms with Crippen molar-refractivity contribution in [3.05, 3.63) is 100 Å². The first-order chi connectivity index (χ1) is 19.6. The van der Waals surface area contributed by atoms with Crippen molar-refractivity contribution < 1.29 is 17.9 Å². The molecule has 0 saturated heterocycles. The summed E-state index contributed by atoms with van der Waals surface area (Å²) in [6.45, 7) is 5.86. The molecule has 0 bridgehead atoms. The maximum atomic E-state index is 13.7. The Morgan fingerprint density at radius 1 is 1.05 bits per heavy atom. The van der Waals surface area contributed by atoms with Crippen molar-refractivity contribution in [1.29, 1.82) is 0 Å². The predicted octanol–water partition coefficient (Wildman–Crippen LogP) is 6.32. The molecular weight excluding hydrogens is 624 g/mol. The van der Waals surface area contributed by atoms with Gasteiger partial charge in [-0.1, -0.05) is 15.9 Å². The smallest absolute Gasteiger partial charge is 0.264 e. The molecule has 1 heterocycles. The van der Waals surface area contributed by atoms with Gasteiger partial charge in [-0.05, 0) is 106 Å². The lowest BCUT2D eigenvalue weighted by Crippen LogP contribution is -2.39. The minimum atomic E-state index is -4.06. The Bertz CT molecular complexity index is 1630. The van der Waals surface area contributed by atoms with E-state index in [1.54, 1.807) is 54.7 Å². The van der Waals surface area contributed by atoms with Crippen molar-refractivity contribution in [2.24, 2.45) is 5.10 Å². The molecule has 0 spiro atoms. The van der Waals surface area contributed by atoms with Crippen LogP contribution in [0.2, 0.25) is 0 Å². The van der Waals surface area contributed by atoms with Crippen LogP contribution in [-0.2, 0) is 14.8 Å². The van der Waals surface area contributed by atoms with Crippen LogP contribution >= 0.6 is 27.7 Å². The number of hydrazone groups is 1. The Morgan fingerprint density at radius 3 is 2.32 bits per heavy atom. The number of hydrogen-bond donors (Lipinski definition) is 1. The van der Waals surface area contributed by atoms with Gasteiger partial charge in [0.15, 0.2) is 0 Å². The lowest BCUT2D eigenvalue weighted by atomic mass is 10.2. The average molecular weight is 656 g/mol. The lowest BCUT2D eigenvalue weighted by Gasteiger charge is -2.24. The molecule has 3 aromatic carbocycles. The second-order valence-electron chi connectivity index (χ2n) is 9.05. The van der Waals surface area contributed by atoms with E-state index in [1.165, 1.54) is 11.8 Å². The summed E-state index contributed by atoms with van der Waals surface area (Å²) in [6, 6.07) is 23.1. The third-order valence-corrected chi connectivity index (χ3v) is 9.38. The van der Waals surface area contributed by atoms with Crippen molar-refractivity contribution in [2.75, 3.05) is 23.7 Å². The van der Waals surface area contributed by atoms with E-state index in [2.05, 4.69) is 31.0 Å². The van der Waals surface area contributed by atoms with Gasteiger partial charge in [0.25, 0.3) is 15.9 Å². The highest BCUT2D eigenvalue weighted by Gasteiger charge is 2.27. The Labute approximate surface area is 253 Å². The molecule has 0 fully saturated rings. The number of aromatic nitrogens is 1. The van der Waals surface area contributed by atoms with Gasteiger partial charge >= 0.3 is 0 Å². The van der Waals surface area contributed by atoms with Crippen LogP contribution in [0.15, 0.2) is 98.2 Å². The van der Waals surface area contributed by atoms with Crippen molar-refractivity contribution in [3.8, 4) is 11.4 Å². The number of sulfonamides is 1. The number of hydrogen-bond acceptors (Lipinski definition) is 6. The number of nitrogens with zero attached hydrogens (tertiary/aromatic N) is 3. The number of amides is 1. The molecule has 8 nitrogen and oxygen atoms in total. The molecule has 1 amide bonds. The molecule has 0 aliphatic rings. The van der Waals surface area contributed by atoms with Crippen molar-refractivity contribution in [1.82, 2.24) is 9.99 Å². The molecule has 4 aromatic rings. The van der Waals surface area contributed by atoms with Crippen LogP contribution in [-0.4, -0.2) is 44.5 Å². The molecule has 0 aliphatic heterocycles. The highest BCUT2D eigenvalue weighted by molar-refractivity contribution is 9.10. The number of thioether (sulfide) groups is 1. The number of carbonyl (C=O) groups excluding carboxylic acids is 1. The quantitative estimate of drug-likeness (QED) is 0.116. The Balaban J connectivity index is 1.55. The van der Waals surface area contributed by atoms with Gasteiger partial charge in [-0.15, -0.1) is 11.8 Å². The van der Waals surface area contributed by atoms with Crippen molar-refractivity contribution >= 4 is 55.5 Å². The fourth-order valence-electron chi connectivity index (χ4n) is 4.31. The molecule has 1 aromatic heterocycles. The van der Waals surface area contributed by atoms with E-state index in [1.807, 2.05) is 57.4 Å². The van der Waals surface area contributed by atoms with Gasteiger partial charge in [0, 0.05) is 32.0 Å². The molecule has 0 unspecified atom stereocenters. The maximum absolute atomic E-state index is 13.7. The topological polar surface area (TPSA) is 93.0 Å². The van der Waals surface area contributed by atoms with Crippen LogP contribution in [0.4, 0.5) is 5.69 Å². The van der Waals surface area contributed by atoms with Crippen LogP contribution in [0.25, 0.3) is 5.69 Å². The number of nitrogens with one attached hydrogen (secondary N) is 1. The summed E-state index contributed by atoms with van der Waals surface area (Å²) in [5.74, 6) is 0.0221. The van der Waals surface area contributed by atoms with Crippen LogP contribution in [0, 0.1) is 13.8 Å². The van der Waals surface area contributed by atoms with Crippen molar-refractivity contribution in [3.63, 3.8) is 0 Å². The van der Waals surface area contributed by atoms with Gasteiger partial charge < -0.3 is 9.30 Å². The molecular formula is C30H31BrN4O4S2. The maximum Gasteiger partial charge on any atom is 0.264 e. The van der Waals surface area contributed by atoms with Crippen LogP contribution in [0.3, 0.4) is 0 Å². The number of rotatable bonds is 11. The normalized spacial score (nSPS) is 11.5. The molecule has 214 valence electrons. The summed E-state index contributed by atoms with van der Waals surface area (Å²) in [5, 5.41) is 4.14. The van der Waals surface area contributed by atoms with Crippen LogP contribution in [0.1, 0.15) is 23.9 Å². The third kappa shape index (κ3) is 7.22. The zero-order chi connectivity index (χ0) is 29.6. The van der Waals surface area contributed by atoms with Gasteiger partial charge in [0.1, 0.15) is 12.3 Å². The largest absolute Gasteiger partial charge is 0.494 e. The Hall–Kier alpha value is -3.54. The van der Waals surface area contributed by atoms with Gasteiger partial charge in [-0.2, -0.15) is 5.10 Å². The second-order valence-corrected chi connectivity index (χ2v) is 12.7. The minimum Gasteiger partial charge on any atom is -0.494 e. The number of anilines is 1. The number of halogens is 1. The lowest BCUT2D eigenvalue weighted by molar-refractivity contribution is -0.119. The standard InChI is InChI=1S/C30H31BrN4O4S2/c1-5-39-27-12-10-25(11-13-27)34(41(37,38)29-16-14-28(40-4)15-17-29)20-30(36)33-32-19-23-18-21(2)35(22(23)3)26-8-6-24(31)7-9-26/h6-19H,5,20H2,1-4H3,(H,33,36)/b32-19+. The molecule has 0 atom stereocenters. The molecule has 0 radical (unpaired) electrons. The summed E-state index contributed by atoms with van der Waals surface area (Å²) < 4.78 is 37.0. The number of carbonyl (C=O) groups is 1. The van der Waals surface area contributed by atoms with E-state index in [0.29, 0.717) is 18.0 Å². The summed E-state index contributed by atoms with van der Waals surface area (Å²) in [7, 11) is -4.06. The summed E-state index contributed by atoms with van der Waals surface area (Å²) >= 11 is 4.98. The SMILES string of the molecule is CCOc1ccc(N(CC(=O)N/N=C/c2cc(C)n(-c3ccc(Br)cc3)c2C)S(=O)(=O)c2ccc(SC)cc2)cc1. The van der Waals surface area contributed by atoms with E-state index in [-0.39, 0.29) is 4.90 Å². The van der Waals surface area contributed by atoms with Gasteiger partial charge in [0.05, 0.1) is 23.4 Å². The summed E-state index contributed by atoms with van der Waals surface area (Å²) in [6.07, 6.45) is 3.48. The fourth-order valence-corrected chi connectivity index (χ4v) is 6.40. The van der Waals surface area contributed by atoms with E-state index in [4.69, 9.17) is 4.74 Å². The molecule has 1 N–H and O–H groups in total. The molecule has 41 heavy (non-hydrogen) atoms. The first-order valence-electron chi connectivity index (χ1n) is 12.8. The zero-order valence-electron chi connectivity index (χ0n) is 23.2. The summed E-state index contributed by atoms with van der Waals surface area (Å²) in [5.41, 5.74) is 6.62. The van der Waals surface area contributed by atoms with Gasteiger partial charge in [-0.3, -0.25) is 9.10 Å². The molecule has 0 aliphatic carbocycles. The Morgan fingerprint density at radius 2 is 1.71 bits per heavy atom. The zero-order valence-corrected chi connectivity index (χ0v) is 26.4. The first-order valence-corrected chi connectivity index (χ1v) is 16.3. The fraction of sp³-hybridized carbons (Fsp3) is 0.200. The summed E-state index contributed by atoms with van der Waals surface area (Å²) in [4.78, 5) is 14.0. The highest BCUT2D eigenvalue weighted by Crippen LogP contribution is 2.27. The van der Waals surface area contributed by atoms with E-state index < -0.39 is 22.5 Å². The highest BCUT2D eigenvalue weighted by atomic mass is 79.9. The number of benzene rings is 3. The van der Waals surface area contributed by atoms with Crippen molar-refractivity contribution in [2.45, 2.75) is 30.6 Å². The van der Waals surface area contributed by atoms with E-state index in [0.717, 1.165) is 36.3 Å². The average Bonchev–Trinajstić information content (AvgIpc) is 3.25. The second kappa shape index (κ2) is 13.4. The first kappa shape index (κ1) is 30.4. The number of ether oxygens (including phenoxy) is 1. The Kier molecular flexibility index (Phi) is 9.95.